The van der Waals surface area contributed by atoms with Crippen LogP contribution >= 0.6 is 11.5 Å². The Morgan fingerprint density at radius 1 is 1.44 bits per heavy atom. The van der Waals surface area contributed by atoms with Gasteiger partial charge in [0.25, 0.3) is 5.91 Å². The minimum Gasteiger partial charge on any atom is -0.350 e. The highest BCUT2D eigenvalue weighted by Crippen LogP contribution is 2.17. The molecule has 0 atom stereocenters. The molecule has 8 nitrogen and oxygen atoms in total. The molecular weight excluding hydrogens is 258 g/mol. The van der Waals surface area contributed by atoms with Crippen molar-refractivity contribution in [1.82, 2.24) is 20.4 Å². The zero-order valence-electron chi connectivity index (χ0n) is 10.3. The SMILES string of the molecule is CONC(=O)Nc1snnc1C(=O)NCC(C)C. The number of carbonyl (C=O) groups excluding carboxylic acids is 2. The second kappa shape index (κ2) is 6.87. The highest BCUT2D eigenvalue weighted by atomic mass is 32.1. The van der Waals surface area contributed by atoms with E-state index in [1.165, 1.54) is 7.11 Å². The Morgan fingerprint density at radius 2 is 2.17 bits per heavy atom. The van der Waals surface area contributed by atoms with E-state index in [0.717, 1.165) is 11.5 Å². The van der Waals surface area contributed by atoms with E-state index in [4.69, 9.17) is 0 Å². The van der Waals surface area contributed by atoms with Crippen molar-refractivity contribution in [2.45, 2.75) is 13.8 Å². The van der Waals surface area contributed by atoms with Gasteiger partial charge in [-0.2, -0.15) is 0 Å². The molecular formula is C9H15N5O3S. The van der Waals surface area contributed by atoms with E-state index in [1.54, 1.807) is 0 Å². The van der Waals surface area contributed by atoms with Crippen LogP contribution in [0.5, 0.6) is 0 Å². The van der Waals surface area contributed by atoms with Crippen LogP contribution in [0.3, 0.4) is 0 Å². The second-order valence-electron chi connectivity index (χ2n) is 3.81. The van der Waals surface area contributed by atoms with E-state index in [2.05, 4.69) is 30.5 Å². The number of rotatable bonds is 5. The van der Waals surface area contributed by atoms with Crippen molar-refractivity contribution >= 4 is 28.5 Å². The first-order chi connectivity index (χ1) is 8.54. The van der Waals surface area contributed by atoms with E-state index in [1.807, 2.05) is 13.8 Å². The molecule has 0 saturated heterocycles. The molecule has 1 aromatic rings. The molecule has 0 aliphatic rings. The first kappa shape index (κ1) is 14.3. The maximum absolute atomic E-state index is 11.8. The predicted octanol–water partition coefficient (Wildman–Crippen LogP) is 0.607. The highest BCUT2D eigenvalue weighted by Gasteiger charge is 2.18. The fourth-order valence-electron chi connectivity index (χ4n) is 1.02. The van der Waals surface area contributed by atoms with Crippen LogP contribution in [0.15, 0.2) is 0 Å². The van der Waals surface area contributed by atoms with Crippen molar-refractivity contribution in [1.29, 1.82) is 0 Å². The molecule has 0 bridgehead atoms. The number of aromatic nitrogens is 2. The number of nitrogens with one attached hydrogen (secondary N) is 3. The monoisotopic (exact) mass is 273 g/mol. The summed E-state index contributed by atoms with van der Waals surface area (Å²) in [5, 5.41) is 9.06. The van der Waals surface area contributed by atoms with Gasteiger partial charge in [0, 0.05) is 18.1 Å². The Bertz CT molecular complexity index is 420. The first-order valence-corrected chi connectivity index (χ1v) is 6.02. The zero-order valence-corrected chi connectivity index (χ0v) is 11.1. The van der Waals surface area contributed by atoms with Crippen molar-refractivity contribution in [3.8, 4) is 0 Å². The van der Waals surface area contributed by atoms with Crippen LogP contribution in [-0.2, 0) is 4.84 Å². The number of hydrogen-bond donors (Lipinski definition) is 3. The Kier molecular flexibility index (Phi) is 5.46. The molecule has 9 heteroatoms. The third-order valence-corrected chi connectivity index (χ3v) is 2.44. The van der Waals surface area contributed by atoms with Gasteiger partial charge in [-0.15, -0.1) is 5.10 Å². The van der Waals surface area contributed by atoms with Gasteiger partial charge < -0.3 is 5.32 Å². The average molecular weight is 273 g/mol. The lowest BCUT2D eigenvalue weighted by molar-refractivity contribution is 0.0944. The molecule has 0 fully saturated rings. The third kappa shape index (κ3) is 4.26. The number of hydroxylamine groups is 1. The largest absolute Gasteiger partial charge is 0.350 e. The summed E-state index contributed by atoms with van der Waals surface area (Å²) in [6, 6.07) is -0.596. The van der Waals surface area contributed by atoms with Gasteiger partial charge in [-0.1, -0.05) is 18.3 Å². The van der Waals surface area contributed by atoms with Crippen molar-refractivity contribution < 1.29 is 14.4 Å². The Balaban J connectivity index is 2.64. The number of carbonyl (C=O) groups is 2. The van der Waals surface area contributed by atoms with E-state index in [9.17, 15) is 9.59 Å². The maximum atomic E-state index is 11.8. The van der Waals surface area contributed by atoms with Crippen LogP contribution in [0.4, 0.5) is 9.80 Å². The smallest absolute Gasteiger partial charge is 0.343 e. The molecule has 3 N–H and O–H groups in total. The summed E-state index contributed by atoms with van der Waals surface area (Å²) in [5.74, 6) is -0.0427. The molecule has 0 unspecified atom stereocenters. The normalized spacial score (nSPS) is 10.2. The number of urea groups is 1. The fourth-order valence-corrected chi connectivity index (χ4v) is 1.59. The number of hydrogen-bond acceptors (Lipinski definition) is 6. The average Bonchev–Trinajstić information content (AvgIpc) is 2.74. The third-order valence-electron chi connectivity index (χ3n) is 1.80. The number of anilines is 1. The molecule has 0 aliphatic carbocycles. The van der Waals surface area contributed by atoms with Gasteiger partial charge >= 0.3 is 6.03 Å². The molecule has 0 radical (unpaired) electrons. The van der Waals surface area contributed by atoms with Crippen molar-refractivity contribution in [2.24, 2.45) is 5.92 Å². The molecule has 18 heavy (non-hydrogen) atoms. The van der Waals surface area contributed by atoms with E-state index in [-0.39, 0.29) is 16.6 Å². The summed E-state index contributed by atoms with van der Waals surface area (Å²) < 4.78 is 3.63. The molecule has 1 rings (SSSR count). The van der Waals surface area contributed by atoms with Crippen LogP contribution in [0, 0.1) is 5.92 Å². The van der Waals surface area contributed by atoms with Crippen molar-refractivity contribution in [2.75, 3.05) is 19.0 Å². The van der Waals surface area contributed by atoms with Crippen molar-refractivity contribution in [3.63, 3.8) is 0 Å². The summed E-state index contributed by atoms with van der Waals surface area (Å²) in [6.07, 6.45) is 0. The Morgan fingerprint density at radius 3 is 2.78 bits per heavy atom. The van der Waals surface area contributed by atoms with Gasteiger partial charge in [0.05, 0.1) is 7.11 Å². The van der Waals surface area contributed by atoms with Crippen molar-refractivity contribution in [3.05, 3.63) is 5.69 Å². The topological polar surface area (TPSA) is 105 Å². The molecule has 1 heterocycles. The quantitative estimate of drug-likeness (QED) is 0.681. The van der Waals surface area contributed by atoms with Crippen LogP contribution < -0.4 is 16.1 Å². The van der Waals surface area contributed by atoms with E-state index >= 15 is 0 Å². The minimum absolute atomic E-state index is 0.0897. The molecule has 0 aromatic carbocycles. The van der Waals surface area contributed by atoms with Gasteiger partial charge in [-0.3, -0.25) is 14.9 Å². The van der Waals surface area contributed by atoms with Crippen LogP contribution in [0.25, 0.3) is 0 Å². The van der Waals surface area contributed by atoms with Gasteiger partial charge in [0.2, 0.25) is 0 Å². The summed E-state index contributed by atoms with van der Waals surface area (Å²) in [7, 11) is 1.31. The molecule has 100 valence electrons. The molecule has 3 amide bonds. The number of amides is 3. The molecule has 0 saturated carbocycles. The van der Waals surface area contributed by atoms with Crippen LogP contribution in [0.2, 0.25) is 0 Å². The maximum Gasteiger partial charge on any atom is 0.343 e. The summed E-state index contributed by atoms with van der Waals surface area (Å²) >= 11 is 0.917. The summed E-state index contributed by atoms with van der Waals surface area (Å²) in [4.78, 5) is 27.4. The molecule has 0 aliphatic heterocycles. The summed E-state index contributed by atoms with van der Waals surface area (Å²) in [6.45, 7) is 4.48. The van der Waals surface area contributed by atoms with E-state index < -0.39 is 6.03 Å². The lowest BCUT2D eigenvalue weighted by atomic mass is 10.2. The van der Waals surface area contributed by atoms with Crippen LogP contribution in [0.1, 0.15) is 24.3 Å². The Hall–Kier alpha value is -1.74. The van der Waals surface area contributed by atoms with Gasteiger partial charge in [0.1, 0.15) is 0 Å². The van der Waals surface area contributed by atoms with Gasteiger partial charge in [-0.05, 0) is 5.92 Å². The Labute approximate surface area is 108 Å². The zero-order chi connectivity index (χ0) is 13.5. The molecule has 0 spiro atoms. The molecule has 1 aromatic heterocycles. The van der Waals surface area contributed by atoms with Crippen LogP contribution in [-0.4, -0.2) is 35.2 Å². The second-order valence-corrected chi connectivity index (χ2v) is 4.57. The van der Waals surface area contributed by atoms with Gasteiger partial charge in [0.15, 0.2) is 10.7 Å². The lowest BCUT2D eigenvalue weighted by Gasteiger charge is -2.07. The lowest BCUT2D eigenvalue weighted by Crippen LogP contribution is -2.30. The standard InChI is InChI=1S/C9H15N5O3S/c1-5(2)4-10-7(15)6-8(18-14-12-6)11-9(16)13-17-3/h5H,4H2,1-3H3,(H,10,15)(H2,11,13,16). The van der Waals surface area contributed by atoms with E-state index in [0.29, 0.717) is 12.5 Å². The predicted molar refractivity (Wildman–Crippen MR) is 66.2 cm³/mol. The first-order valence-electron chi connectivity index (χ1n) is 5.25. The fraction of sp³-hybridized carbons (Fsp3) is 0.556. The minimum atomic E-state index is -0.596. The van der Waals surface area contributed by atoms with Gasteiger partial charge in [-0.25, -0.2) is 10.3 Å². The number of nitrogens with zero attached hydrogens (tertiary/aromatic N) is 2. The summed E-state index contributed by atoms with van der Waals surface area (Å²) in [5.41, 5.74) is 2.16. The highest BCUT2D eigenvalue weighted by molar-refractivity contribution is 7.10.